The van der Waals surface area contributed by atoms with Crippen LogP contribution < -0.4 is 9.64 Å². The topological polar surface area (TPSA) is 63.7 Å². The molecule has 0 saturated heterocycles. The van der Waals surface area contributed by atoms with E-state index in [-0.39, 0.29) is 35.7 Å². The Balaban J connectivity index is 1.62. The monoisotopic (exact) mass is 515 g/mol. The molecule has 1 amide bonds. The van der Waals surface area contributed by atoms with Crippen LogP contribution in [0, 0.1) is 0 Å². The molecule has 5 nitrogen and oxygen atoms in total. The fraction of sp³-hybridized carbons (Fsp3) is 0.174. The number of hydrogen-bond donors (Lipinski definition) is 0. The van der Waals surface area contributed by atoms with Crippen molar-refractivity contribution in [3.8, 4) is 11.5 Å². The highest BCUT2D eigenvalue weighted by atomic mass is 32.2. The van der Waals surface area contributed by atoms with Crippen LogP contribution in [-0.4, -0.2) is 26.4 Å². The maximum absolute atomic E-state index is 13.1. The third kappa shape index (κ3) is 4.70. The standard InChI is InChI=1S/C23H15F6NO4S/c24-22(25,26)14-7-9-16(10-8-14)34-20-6-2-5-19-18(20)11-12-30(21(19)31)15-3-1-4-17(13-15)35(32,33)23(27,28)29/h1-10,13H,11-12H2. The van der Waals surface area contributed by atoms with E-state index in [1.807, 2.05) is 0 Å². The molecular weight excluding hydrogens is 500 g/mol. The molecule has 0 saturated carbocycles. The number of benzene rings is 3. The smallest absolute Gasteiger partial charge is 0.457 e. The second-order valence-corrected chi connectivity index (χ2v) is 9.50. The predicted molar refractivity (Wildman–Crippen MR) is 113 cm³/mol. The lowest BCUT2D eigenvalue weighted by Gasteiger charge is -2.30. The minimum atomic E-state index is -5.60. The average molecular weight is 515 g/mol. The fourth-order valence-corrected chi connectivity index (χ4v) is 4.43. The number of rotatable bonds is 4. The summed E-state index contributed by atoms with van der Waals surface area (Å²) in [5, 5.41) is 0. The number of sulfone groups is 1. The van der Waals surface area contributed by atoms with Crippen LogP contribution in [0.25, 0.3) is 0 Å². The molecule has 35 heavy (non-hydrogen) atoms. The largest absolute Gasteiger partial charge is 0.501 e. The summed E-state index contributed by atoms with van der Waals surface area (Å²) in [5.74, 6) is -0.235. The Morgan fingerprint density at radius 1 is 0.857 bits per heavy atom. The predicted octanol–water partition coefficient (Wildman–Crippen LogP) is 5.99. The van der Waals surface area contributed by atoms with Gasteiger partial charge >= 0.3 is 11.7 Å². The highest BCUT2D eigenvalue weighted by Crippen LogP contribution is 2.36. The molecule has 0 aliphatic carbocycles. The molecule has 0 unspecified atom stereocenters. The van der Waals surface area contributed by atoms with Crippen LogP contribution in [0.3, 0.4) is 0 Å². The van der Waals surface area contributed by atoms with Gasteiger partial charge in [0.2, 0.25) is 0 Å². The number of ether oxygens (including phenoxy) is 1. The van der Waals surface area contributed by atoms with Crippen molar-refractivity contribution in [3.05, 3.63) is 83.4 Å². The Kier molecular flexibility index (Phi) is 6.04. The van der Waals surface area contributed by atoms with Gasteiger partial charge in [-0.1, -0.05) is 12.1 Å². The SMILES string of the molecule is O=C1c2cccc(Oc3ccc(C(F)(F)F)cc3)c2CCN1c1cccc(S(=O)(=O)C(F)(F)F)c1. The lowest BCUT2D eigenvalue weighted by Crippen LogP contribution is -2.38. The van der Waals surface area contributed by atoms with E-state index in [0.717, 1.165) is 47.4 Å². The lowest BCUT2D eigenvalue weighted by atomic mass is 9.97. The first-order valence-electron chi connectivity index (χ1n) is 9.99. The number of fused-ring (bicyclic) bond motifs is 1. The van der Waals surface area contributed by atoms with Crippen molar-refractivity contribution in [2.75, 3.05) is 11.4 Å². The second kappa shape index (κ2) is 8.59. The Bertz CT molecular complexity index is 1380. The van der Waals surface area contributed by atoms with E-state index in [4.69, 9.17) is 4.74 Å². The summed E-state index contributed by atoms with van der Waals surface area (Å²) in [5.41, 5.74) is -5.73. The maximum atomic E-state index is 13.1. The number of carbonyl (C=O) groups excluding carboxylic acids is 1. The van der Waals surface area contributed by atoms with Gasteiger partial charge in [-0.3, -0.25) is 4.79 Å². The quantitative estimate of drug-likeness (QED) is 0.401. The Morgan fingerprint density at radius 3 is 2.14 bits per heavy atom. The molecule has 0 spiro atoms. The zero-order valence-electron chi connectivity index (χ0n) is 17.5. The highest BCUT2D eigenvalue weighted by molar-refractivity contribution is 7.92. The van der Waals surface area contributed by atoms with Gasteiger partial charge in [-0.15, -0.1) is 0 Å². The molecule has 3 aromatic carbocycles. The minimum Gasteiger partial charge on any atom is -0.457 e. The summed E-state index contributed by atoms with van der Waals surface area (Å²) in [6.07, 6.45) is -4.30. The zero-order valence-corrected chi connectivity index (χ0v) is 18.3. The van der Waals surface area contributed by atoms with E-state index >= 15 is 0 Å². The summed E-state index contributed by atoms with van der Waals surface area (Å²) in [6.45, 7) is 0.00867. The molecule has 0 bridgehead atoms. The van der Waals surface area contributed by atoms with Crippen LogP contribution in [0.4, 0.5) is 32.0 Å². The number of amides is 1. The lowest BCUT2D eigenvalue weighted by molar-refractivity contribution is -0.137. The Labute approximate surface area is 195 Å². The van der Waals surface area contributed by atoms with Crippen LogP contribution in [0.15, 0.2) is 71.6 Å². The summed E-state index contributed by atoms with van der Waals surface area (Å²) in [6, 6.07) is 12.5. The van der Waals surface area contributed by atoms with Crippen molar-refractivity contribution in [1.29, 1.82) is 0 Å². The van der Waals surface area contributed by atoms with Crippen LogP contribution in [0.5, 0.6) is 11.5 Å². The summed E-state index contributed by atoms with van der Waals surface area (Å²) in [4.78, 5) is 13.3. The summed E-state index contributed by atoms with van der Waals surface area (Å²) < 4.78 is 106. The Morgan fingerprint density at radius 2 is 1.51 bits per heavy atom. The molecule has 1 aliphatic heterocycles. The number of alkyl halides is 6. The van der Waals surface area contributed by atoms with Crippen LogP contribution in [0.2, 0.25) is 0 Å². The maximum Gasteiger partial charge on any atom is 0.501 e. The first kappa shape index (κ1) is 24.6. The normalized spacial score (nSPS) is 14.6. The first-order chi connectivity index (χ1) is 16.3. The van der Waals surface area contributed by atoms with Crippen molar-refractivity contribution < 1.29 is 44.3 Å². The average Bonchev–Trinajstić information content (AvgIpc) is 2.79. The second-order valence-electron chi connectivity index (χ2n) is 7.56. The van der Waals surface area contributed by atoms with E-state index in [1.165, 1.54) is 24.3 Å². The third-order valence-corrected chi connectivity index (χ3v) is 6.83. The van der Waals surface area contributed by atoms with Crippen molar-refractivity contribution in [1.82, 2.24) is 0 Å². The molecule has 1 aliphatic rings. The molecule has 0 fully saturated rings. The molecule has 1 heterocycles. The number of halogens is 6. The molecule has 3 aromatic rings. The molecule has 12 heteroatoms. The van der Waals surface area contributed by atoms with Gasteiger partial charge < -0.3 is 9.64 Å². The van der Waals surface area contributed by atoms with Gasteiger partial charge in [0.25, 0.3) is 15.7 Å². The van der Waals surface area contributed by atoms with E-state index in [1.54, 1.807) is 0 Å². The van der Waals surface area contributed by atoms with E-state index < -0.39 is 37.9 Å². The first-order valence-corrected chi connectivity index (χ1v) is 11.5. The van der Waals surface area contributed by atoms with Gasteiger partial charge in [0, 0.05) is 23.4 Å². The number of hydrogen-bond acceptors (Lipinski definition) is 4. The van der Waals surface area contributed by atoms with Crippen molar-refractivity contribution >= 4 is 21.4 Å². The van der Waals surface area contributed by atoms with Crippen molar-refractivity contribution in [2.24, 2.45) is 0 Å². The van der Waals surface area contributed by atoms with E-state index in [9.17, 15) is 39.6 Å². The molecule has 0 radical (unpaired) electrons. The van der Waals surface area contributed by atoms with Crippen molar-refractivity contribution in [3.63, 3.8) is 0 Å². The minimum absolute atomic E-state index is 0.00867. The molecule has 0 aromatic heterocycles. The van der Waals surface area contributed by atoms with Crippen molar-refractivity contribution in [2.45, 2.75) is 23.0 Å². The summed E-state index contributed by atoms with van der Waals surface area (Å²) in [7, 11) is -5.60. The molecule has 184 valence electrons. The van der Waals surface area contributed by atoms with Gasteiger partial charge in [-0.05, 0) is 61.0 Å². The van der Waals surface area contributed by atoms with E-state index in [2.05, 4.69) is 0 Å². The van der Waals surface area contributed by atoms with E-state index in [0.29, 0.717) is 5.56 Å². The van der Waals surface area contributed by atoms with Gasteiger partial charge in [0.1, 0.15) is 11.5 Å². The van der Waals surface area contributed by atoms with Gasteiger partial charge in [-0.25, -0.2) is 8.42 Å². The third-order valence-electron chi connectivity index (χ3n) is 5.35. The number of anilines is 1. The highest BCUT2D eigenvalue weighted by Gasteiger charge is 2.47. The zero-order chi connectivity index (χ0) is 25.6. The van der Waals surface area contributed by atoms with Crippen LogP contribution >= 0.6 is 0 Å². The van der Waals surface area contributed by atoms with Gasteiger partial charge in [-0.2, -0.15) is 26.3 Å². The van der Waals surface area contributed by atoms with Gasteiger partial charge in [0.05, 0.1) is 10.5 Å². The molecule has 0 atom stereocenters. The molecule has 0 N–H and O–H groups in total. The number of carbonyl (C=O) groups is 1. The number of nitrogens with zero attached hydrogens (tertiary/aromatic N) is 1. The molecule has 4 rings (SSSR count). The fourth-order valence-electron chi connectivity index (χ4n) is 3.63. The van der Waals surface area contributed by atoms with Gasteiger partial charge in [0.15, 0.2) is 0 Å². The van der Waals surface area contributed by atoms with Crippen LogP contribution in [-0.2, 0) is 22.4 Å². The van der Waals surface area contributed by atoms with Crippen LogP contribution in [0.1, 0.15) is 21.5 Å². The summed E-state index contributed by atoms with van der Waals surface area (Å²) >= 11 is 0. The molecular formula is C23H15F6NO4S. The Hall–Kier alpha value is -3.54.